The number of aromatic amines is 1. The molecule has 6 aliphatic carbocycles. The molecule has 5 fully saturated rings. The zero-order chi connectivity index (χ0) is 61.8. The van der Waals surface area contributed by atoms with Gasteiger partial charge < -0.3 is 28.8 Å². The number of carbonyl (C=O) groups is 6. The van der Waals surface area contributed by atoms with Gasteiger partial charge in [-0.25, -0.2) is 30.1 Å². The molecule has 0 spiro atoms. The van der Waals surface area contributed by atoms with Crippen molar-refractivity contribution in [3.05, 3.63) is 94.4 Å². The van der Waals surface area contributed by atoms with E-state index in [1.807, 2.05) is 52.0 Å². The van der Waals surface area contributed by atoms with Gasteiger partial charge in [0.2, 0.25) is 0 Å². The van der Waals surface area contributed by atoms with E-state index in [1.165, 1.54) is 0 Å². The van der Waals surface area contributed by atoms with E-state index in [0.29, 0.717) is 17.4 Å². The van der Waals surface area contributed by atoms with Crippen LogP contribution in [0.2, 0.25) is 0 Å². The third kappa shape index (κ3) is 11.6. The summed E-state index contributed by atoms with van der Waals surface area (Å²) in [6, 6.07) is 21.5. The number of hydrogen-bond donors (Lipinski definition) is 5. The number of aliphatic carboxylic acids is 1. The molecule has 4 aromatic rings. The minimum absolute atomic E-state index is 0.0394. The van der Waals surface area contributed by atoms with Crippen molar-refractivity contribution < 1.29 is 57.6 Å². The van der Waals surface area contributed by atoms with Gasteiger partial charge in [-0.15, -0.1) is 0 Å². The summed E-state index contributed by atoms with van der Waals surface area (Å²) < 4.78 is 27.5. The van der Waals surface area contributed by atoms with Crippen molar-refractivity contribution in [2.24, 2.45) is 50.7 Å². The number of amides is 3. The number of rotatable bonds is 9. The molecule has 0 aliphatic heterocycles. The van der Waals surface area contributed by atoms with E-state index in [4.69, 9.17) is 28.8 Å². The Hall–Kier alpha value is -7.31. The first-order chi connectivity index (χ1) is 38.4. The van der Waals surface area contributed by atoms with Crippen LogP contribution in [-0.4, -0.2) is 83.0 Å². The summed E-state index contributed by atoms with van der Waals surface area (Å²) >= 11 is 0. The molecular weight excluding hydrogens is 1060 g/mol. The number of benzene rings is 3. The van der Waals surface area contributed by atoms with Gasteiger partial charge in [-0.05, 0) is 187 Å². The molecule has 19 nitrogen and oxygen atoms in total. The predicted molar refractivity (Wildman–Crippen MR) is 316 cm³/mol. The van der Waals surface area contributed by atoms with E-state index in [-0.39, 0.29) is 50.6 Å². The summed E-state index contributed by atoms with van der Waals surface area (Å²) in [5.41, 5.74) is 9.69. The number of ketones is 2. The first kappa shape index (κ1) is 63.3. The molecule has 1 heterocycles. The standard InChI is InChI=1S/C23H32N2O5.C18H22N2O2.C12H18N2O3.C11H16O3/c1-21(2,3)30-20(28)24-25(14-8-10-15(29-7)11-9-14)19(27)17-16-12-13-23(6,18(17)26)22(16,4)5;1-17(2)13-9-10-18(17,3)15-14(13)16(21)20(19-15)11-5-7-12(22-4)8-6-11;1-12(2,3)17-11(15)14-13-9-5-7-10(16-4)8-6-9;1-10(2)6-4-5-11(10,3)8(12)7(6)9(13)14/h8-11,16-17H,12-13H2,1-7H3,(H,24,28);5-8,13,19H,9-10H2,1-4H3;5-8,13H,1-4H3,(H,14,15);6-7H,4-5H2,1-3H3,(H,13,14)/t16-,17?,23+;13-,18+;;6-,7?,11+/m11.1/s1. The SMILES string of the molecule is CC1(C)[C@@H]2CC[C@@]1(C)C(=O)C2C(=O)O.COc1ccc(-n2[nH]c3c(c2=O)[C@H]2CC[C@]3(C)C2(C)C)cc1.COc1ccc(N(NC(=O)OC(C)(C)C)C(=O)C2C(=O)[C@]3(C)CC[C@H]2C3(C)C)cc1.COc1ccc(NNC(=O)OC(C)(C)C)cc1. The minimum Gasteiger partial charge on any atom is -0.497 e. The molecule has 3 aromatic carbocycles. The Balaban J connectivity index is 0.000000166. The monoisotopic (exact) mass is 1150 g/mol. The Morgan fingerprint density at radius 1 is 0.590 bits per heavy atom. The summed E-state index contributed by atoms with van der Waals surface area (Å²) in [5, 5.41) is 13.6. The fourth-order valence-corrected chi connectivity index (χ4v) is 13.9. The van der Waals surface area contributed by atoms with Crippen LogP contribution in [0.1, 0.15) is 160 Å². The summed E-state index contributed by atoms with van der Waals surface area (Å²) in [4.78, 5) is 86.6. The van der Waals surface area contributed by atoms with E-state index >= 15 is 0 Å². The van der Waals surface area contributed by atoms with Gasteiger partial charge in [0.15, 0.2) is 11.6 Å². The number of anilines is 2. The van der Waals surface area contributed by atoms with Crippen molar-refractivity contribution in [2.45, 2.75) is 165 Å². The van der Waals surface area contributed by atoms with E-state index in [0.717, 1.165) is 77.7 Å². The van der Waals surface area contributed by atoms with Crippen LogP contribution >= 0.6 is 0 Å². The van der Waals surface area contributed by atoms with Crippen LogP contribution < -0.4 is 41.1 Å². The fraction of sp³-hybridized carbons (Fsp3) is 0.578. The maximum absolute atomic E-state index is 13.6. The summed E-state index contributed by atoms with van der Waals surface area (Å²) in [5.74, 6) is -0.486. The molecule has 1 aromatic heterocycles. The van der Waals surface area contributed by atoms with Crippen LogP contribution in [0.15, 0.2) is 77.6 Å². The molecule has 19 heteroatoms. The maximum Gasteiger partial charge on any atom is 0.427 e. The van der Waals surface area contributed by atoms with Gasteiger partial charge in [0, 0.05) is 27.5 Å². The van der Waals surface area contributed by atoms with Crippen LogP contribution in [-0.2, 0) is 34.1 Å². The number of nitrogens with one attached hydrogen (secondary N) is 4. The second kappa shape index (κ2) is 22.7. The lowest BCUT2D eigenvalue weighted by Gasteiger charge is -2.34. The van der Waals surface area contributed by atoms with Crippen LogP contribution in [0, 0.1) is 50.7 Å². The normalized spacial score (nSPS) is 26.8. The lowest BCUT2D eigenvalue weighted by Crippen LogP contribution is -2.53. The summed E-state index contributed by atoms with van der Waals surface area (Å²) in [6.45, 7) is 29.6. The molecular formula is C64H88N6O13. The molecule has 10 rings (SSSR count). The molecule has 0 radical (unpaired) electrons. The molecule has 8 atom stereocenters. The van der Waals surface area contributed by atoms with Gasteiger partial charge in [0.1, 0.15) is 40.3 Å². The predicted octanol–water partition coefficient (Wildman–Crippen LogP) is 11.7. The highest BCUT2D eigenvalue weighted by Gasteiger charge is 2.69. The number of carboxylic acids is 1. The number of ether oxygens (including phenoxy) is 5. The van der Waals surface area contributed by atoms with E-state index in [2.05, 4.69) is 56.0 Å². The number of carboxylic acid groups (broad SMARTS) is 1. The molecule has 3 amide bonds. The van der Waals surface area contributed by atoms with Crippen molar-refractivity contribution in [3.63, 3.8) is 0 Å². The highest BCUT2D eigenvalue weighted by molar-refractivity contribution is 6.13. The minimum atomic E-state index is -0.934. The third-order valence-corrected chi connectivity index (χ3v) is 19.9. The summed E-state index contributed by atoms with van der Waals surface area (Å²) in [6.07, 6.45) is 4.33. The van der Waals surface area contributed by atoms with E-state index < -0.39 is 57.9 Å². The quantitative estimate of drug-likeness (QED) is 0.0773. The lowest BCUT2D eigenvalue weighted by molar-refractivity contribution is -0.149. The average Bonchev–Trinajstić information content (AvgIpc) is 1.58. The number of carbonyl (C=O) groups excluding carboxylic acids is 5. The number of aromatic nitrogens is 2. The number of hydrazine groups is 2. The highest BCUT2D eigenvalue weighted by atomic mass is 16.6. The molecule has 5 N–H and O–H groups in total. The number of fused-ring (bicyclic) bond motifs is 9. The number of nitrogens with zero attached hydrogens (tertiary/aromatic N) is 2. The van der Waals surface area contributed by atoms with Crippen molar-refractivity contribution in [2.75, 3.05) is 31.8 Å². The number of methoxy groups -OCH3 is 3. The Morgan fingerprint density at radius 2 is 1.02 bits per heavy atom. The van der Waals surface area contributed by atoms with E-state index in [9.17, 15) is 33.6 Å². The van der Waals surface area contributed by atoms with Crippen LogP contribution in [0.3, 0.4) is 0 Å². The van der Waals surface area contributed by atoms with Crippen molar-refractivity contribution in [1.29, 1.82) is 0 Å². The van der Waals surface area contributed by atoms with Crippen LogP contribution in [0.5, 0.6) is 17.2 Å². The topological polar surface area (TPSA) is 246 Å². The fourth-order valence-electron chi connectivity index (χ4n) is 13.9. The Bertz CT molecular complexity index is 3150. The smallest absolute Gasteiger partial charge is 0.427 e. The van der Waals surface area contributed by atoms with Gasteiger partial charge in [0.05, 0.1) is 38.4 Å². The highest BCUT2D eigenvalue weighted by Crippen LogP contribution is 2.68. The lowest BCUT2D eigenvalue weighted by atomic mass is 9.70. The second-order valence-corrected chi connectivity index (χ2v) is 27.3. The largest absolute Gasteiger partial charge is 0.497 e. The van der Waals surface area contributed by atoms with Gasteiger partial charge in [-0.3, -0.25) is 34.5 Å². The van der Waals surface area contributed by atoms with E-state index in [1.54, 1.807) is 116 Å². The number of H-pyrrole nitrogens is 1. The van der Waals surface area contributed by atoms with Crippen LogP contribution in [0.25, 0.3) is 5.69 Å². The van der Waals surface area contributed by atoms with Crippen molar-refractivity contribution in [3.8, 4) is 22.9 Å². The van der Waals surface area contributed by atoms with Gasteiger partial charge in [-0.1, -0.05) is 62.3 Å². The molecule has 0 saturated heterocycles. The molecule has 83 heavy (non-hydrogen) atoms. The molecule has 2 unspecified atom stereocenters. The number of Topliss-reactive ketones (excluding diaryl/α,β-unsaturated/α-hetero) is 2. The Kier molecular flexibility index (Phi) is 17.3. The molecule has 5 saturated carbocycles. The van der Waals surface area contributed by atoms with Crippen LogP contribution in [0.4, 0.5) is 21.0 Å². The Labute approximate surface area is 488 Å². The second-order valence-electron chi connectivity index (χ2n) is 27.3. The molecule has 6 bridgehead atoms. The maximum atomic E-state index is 13.6. The average molecular weight is 1150 g/mol. The van der Waals surface area contributed by atoms with Crippen molar-refractivity contribution >= 4 is 47.0 Å². The van der Waals surface area contributed by atoms with Gasteiger partial charge >= 0.3 is 18.2 Å². The zero-order valence-electron chi connectivity index (χ0n) is 51.8. The number of hydrogen-bond acceptors (Lipinski definition) is 13. The van der Waals surface area contributed by atoms with Crippen molar-refractivity contribution in [1.82, 2.24) is 20.6 Å². The first-order valence-corrected chi connectivity index (χ1v) is 28.6. The zero-order valence-corrected chi connectivity index (χ0v) is 51.8. The molecule has 6 aliphatic rings. The first-order valence-electron chi connectivity index (χ1n) is 28.6. The summed E-state index contributed by atoms with van der Waals surface area (Å²) in [7, 11) is 4.79. The van der Waals surface area contributed by atoms with Gasteiger partial charge in [0.25, 0.3) is 11.5 Å². The molecule has 452 valence electrons. The van der Waals surface area contributed by atoms with Gasteiger partial charge in [-0.2, -0.15) is 0 Å². The third-order valence-electron chi connectivity index (χ3n) is 19.9. The Morgan fingerprint density at radius 3 is 1.43 bits per heavy atom.